The van der Waals surface area contributed by atoms with Gasteiger partial charge in [-0.25, -0.2) is 0 Å². The molecule has 1 aromatic heterocycles. The number of tetrazole rings is 1. The van der Waals surface area contributed by atoms with E-state index >= 15 is 0 Å². The summed E-state index contributed by atoms with van der Waals surface area (Å²) in [6, 6.07) is 8.63. The van der Waals surface area contributed by atoms with Crippen LogP contribution in [0.2, 0.25) is 0 Å². The molecule has 0 spiro atoms. The molecule has 9 heteroatoms. The first-order valence-corrected chi connectivity index (χ1v) is 7.60. The van der Waals surface area contributed by atoms with Gasteiger partial charge in [0.05, 0.1) is 0 Å². The maximum atomic E-state index is 11.9. The molecule has 2 aromatic rings. The maximum absolute atomic E-state index is 11.9. The third-order valence-electron chi connectivity index (χ3n) is 3.01. The smallest absolute Gasteiger partial charge is 0.244 e. The number of ether oxygens (including phenoxy) is 1. The van der Waals surface area contributed by atoms with Gasteiger partial charge >= 0.3 is 0 Å². The number of carbonyl (C=O) groups is 2. The van der Waals surface area contributed by atoms with Crippen LogP contribution in [-0.4, -0.2) is 44.6 Å². The molecule has 2 rings (SSSR count). The van der Waals surface area contributed by atoms with Crippen LogP contribution >= 0.6 is 0 Å². The van der Waals surface area contributed by atoms with Crippen molar-refractivity contribution in [3.8, 4) is 5.75 Å². The number of carbonyl (C=O) groups excluding carboxylic acids is 2. The van der Waals surface area contributed by atoms with Gasteiger partial charge in [0.15, 0.2) is 6.61 Å². The Labute approximate surface area is 139 Å². The van der Waals surface area contributed by atoms with Crippen molar-refractivity contribution in [3.05, 3.63) is 36.2 Å². The van der Waals surface area contributed by atoms with Gasteiger partial charge in [-0.2, -0.15) is 4.80 Å². The highest BCUT2D eigenvalue weighted by atomic mass is 16.5. The minimum atomic E-state index is -0.623. The van der Waals surface area contributed by atoms with Crippen molar-refractivity contribution < 1.29 is 14.3 Å². The zero-order valence-corrected chi connectivity index (χ0v) is 13.6. The Balaban J connectivity index is 1.80. The van der Waals surface area contributed by atoms with Crippen molar-refractivity contribution in [1.82, 2.24) is 30.8 Å². The molecule has 0 aliphatic rings. The van der Waals surface area contributed by atoms with Crippen LogP contribution in [0.25, 0.3) is 0 Å². The average Bonchev–Trinajstić information content (AvgIpc) is 3.01. The molecule has 1 atom stereocenters. The van der Waals surface area contributed by atoms with Crippen LogP contribution in [0.4, 0.5) is 0 Å². The van der Waals surface area contributed by atoms with Gasteiger partial charge in [-0.05, 0) is 31.2 Å². The Kier molecular flexibility index (Phi) is 6.23. The van der Waals surface area contributed by atoms with Crippen LogP contribution in [0.1, 0.15) is 19.7 Å². The van der Waals surface area contributed by atoms with Gasteiger partial charge in [0, 0.05) is 6.54 Å². The van der Waals surface area contributed by atoms with Crippen LogP contribution < -0.4 is 15.4 Å². The number of nitrogens with one attached hydrogen (secondary N) is 2. The van der Waals surface area contributed by atoms with Gasteiger partial charge in [0.1, 0.15) is 18.3 Å². The predicted molar refractivity (Wildman–Crippen MR) is 84.9 cm³/mol. The number of aromatic nitrogens is 4. The molecule has 0 bridgehead atoms. The fourth-order valence-electron chi connectivity index (χ4n) is 1.87. The second-order valence-corrected chi connectivity index (χ2v) is 5.02. The van der Waals surface area contributed by atoms with E-state index in [0.717, 1.165) is 4.80 Å². The quantitative estimate of drug-likeness (QED) is 0.698. The number of benzene rings is 1. The van der Waals surface area contributed by atoms with E-state index in [4.69, 9.17) is 4.74 Å². The summed E-state index contributed by atoms with van der Waals surface area (Å²) >= 11 is 0. The van der Waals surface area contributed by atoms with Crippen LogP contribution in [0, 0.1) is 0 Å². The SMILES string of the molecule is CCNC(=O)[C@@H](C)NC(=O)Cn1nnc(COc2ccccc2)n1. The van der Waals surface area contributed by atoms with Crippen molar-refractivity contribution in [2.24, 2.45) is 0 Å². The lowest BCUT2D eigenvalue weighted by Crippen LogP contribution is -2.45. The molecule has 0 saturated carbocycles. The first-order chi connectivity index (χ1) is 11.6. The van der Waals surface area contributed by atoms with E-state index in [9.17, 15) is 9.59 Å². The molecule has 128 valence electrons. The molecule has 1 heterocycles. The van der Waals surface area contributed by atoms with Crippen molar-refractivity contribution in [2.45, 2.75) is 33.0 Å². The number of rotatable bonds is 8. The molecule has 0 radical (unpaired) electrons. The van der Waals surface area contributed by atoms with E-state index in [1.54, 1.807) is 6.92 Å². The number of amides is 2. The van der Waals surface area contributed by atoms with Crippen molar-refractivity contribution in [2.75, 3.05) is 6.54 Å². The molecule has 2 N–H and O–H groups in total. The molecular weight excluding hydrogens is 312 g/mol. The van der Waals surface area contributed by atoms with Gasteiger partial charge < -0.3 is 15.4 Å². The van der Waals surface area contributed by atoms with E-state index in [-0.39, 0.29) is 25.0 Å². The van der Waals surface area contributed by atoms with Gasteiger partial charge in [-0.1, -0.05) is 18.2 Å². The molecular formula is C15H20N6O3. The van der Waals surface area contributed by atoms with Crippen molar-refractivity contribution in [3.63, 3.8) is 0 Å². The number of hydrogen-bond donors (Lipinski definition) is 2. The second-order valence-electron chi connectivity index (χ2n) is 5.02. The molecule has 1 aromatic carbocycles. The minimum Gasteiger partial charge on any atom is -0.485 e. The Morgan fingerprint density at radius 3 is 2.75 bits per heavy atom. The molecule has 0 saturated heterocycles. The monoisotopic (exact) mass is 332 g/mol. The lowest BCUT2D eigenvalue weighted by atomic mass is 10.3. The van der Waals surface area contributed by atoms with Crippen molar-refractivity contribution in [1.29, 1.82) is 0 Å². The summed E-state index contributed by atoms with van der Waals surface area (Å²) in [6.45, 7) is 3.96. The van der Waals surface area contributed by atoms with Gasteiger partial charge in [0.25, 0.3) is 0 Å². The first kappa shape index (κ1) is 17.4. The largest absolute Gasteiger partial charge is 0.485 e. The molecule has 9 nitrogen and oxygen atoms in total. The van der Waals surface area contributed by atoms with Crippen molar-refractivity contribution >= 4 is 11.8 Å². The Morgan fingerprint density at radius 2 is 2.04 bits per heavy atom. The Morgan fingerprint density at radius 1 is 1.29 bits per heavy atom. The third kappa shape index (κ3) is 5.34. The van der Waals surface area contributed by atoms with Gasteiger partial charge in [-0.15, -0.1) is 10.2 Å². The standard InChI is InChI=1S/C15H20N6O3/c1-3-16-15(23)11(2)17-14(22)9-21-19-13(18-20-21)10-24-12-7-5-4-6-8-12/h4-8,11H,3,9-10H2,1-2H3,(H,16,23)(H,17,22)/t11-/m1/s1. The van der Waals surface area contributed by atoms with E-state index in [1.165, 1.54) is 0 Å². The number of para-hydroxylation sites is 1. The molecule has 24 heavy (non-hydrogen) atoms. The number of nitrogens with zero attached hydrogens (tertiary/aromatic N) is 4. The fraction of sp³-hybridized carbons (Fsp3) is 0.400. The zero-order chi connectivity index (χ0) is 17.4. The summed E-state index contributed by atoms with van der Waals surface area (Å²) in [5.41, 5.74) is 0. The minimum absolute atomic E-state index is 0.123. The second kappa shape index (κ2) is 8.61. The average molecular weight is 332 g/mol. The molecule has 2 amide bonds. The van der Waals surface area contributed by atoms with E-state index in [2.05, 4.69) is 26.0 Å². The van der Waals surface area contributed by atoms with E-state index in [1.807, 2.05) is 37.3 Å². The topological polar surface area (TPSA) is 111 Å². The van der Waals surface area contributed by atoms with Gasteiger partial charge in [-0.3, -0.25) is 9.59 Å². The summed E-state index contributed by atoms with van der Waals surface area (Å²) < 4.78 is 5.50. The summed E-state index contributed by atoms with van der Waals surface area (Å²) in [5.74, 6) is 0.446. The molecule has 0 fully saturated rings. The summed E-state index contributed by atoms with van der Waals surface area (Å²) in [6.07, 6.45) is 0. The van der Waals surface area contributed by atoms with E-state index in [0.29, 0.717) is 18.1 Å². The number of hydrogen-bond acceptors (Lipinski definition) is 6. The van der Waals surface area contributed by atoms with Crippen LogP contribution in [0.15, 0.2) is 30.3 Å². The number of likely N-dealkylation sites (N-methyl/N-ethyl adjacent to an activating group) is 1. The predicted octanol–water partition coefficient (Wildman–Crippen LogP) is -0.107. The zero-order valence-electron chi connectivity index (χ0n) is 13.6. The lowest BCUT2D eigenvalue weighted by molar-refractivity contribution is -0.129. The first-order valence-electron chi connectivity index (χ1n) is 7.60. The summed E-state index contributed by atoms with van der Waals surface area (Å²) in [5, 5.41) is 16.9. The molecule has 0 aliphatic carbocycles. The van der Waals surface area contributed by atoms with Gasteiger partial charge in [0.2, 0.25) is 17.6 Å². The van der Waals surface area contributed by atoms with Crippen LogP contribution in [-0.2, 0) is 22.7 Å². The van der Waals surface area contributed by atoms with Crippen LogP contribution in [0.3, 0.4) is 0 Å². The highest BCUT2D eigenvalue weighted by Gasteiger charge is 2.15. The lowest BCUT2D eigenvalue weighted by Gasteiger charge is -2.12. The van der Waals surface area contributed by atoms with E-state index < -0.39 is 6.04 Å². The summed E-state index contributed by atoms with van der Waals surface area (Å²) in [7, 11) is 0. The fourth-order valence-corrected chi connectivity index (χ4v) is 1.87. The Hall–Kier alpha value is -2.97. The Bertz CT molecular complexity index is 673. The molecule has 0 aliphatic heterocycles. The third-order valence-corrected chi connectivity index (χ3v) is 3.01. The summed E-state index contributed by atoms with van der Waals surface area (Å²) in [4.78, 5) is 24.6. The highest BCUT2D eigenvalue weighted by Crippen LogP contribution is 2.09. The maximum Gasteiger partial charge on any atom is 0.244 e. The highest BCUT2D eigenvalue weighted by molar-refractivity contribution is 5.87. The molecule has 0 unspecified atom stereocenters. The normalized spacial score (nSPS) is 11.6. The van der Waals surface area contributed by atoms with Crippen LogP contribution in [0.5, 0.6) is 5.75 Å².